The van der Waals surface area contributed by atoms with Gasteiger partial charge in [-0.3, -0.25) is 0 Å². The van der Waals surface area contributed by atoms with E-state index in [0.717, 1.165) is 11.2 Å². The second kappa shape index (κ2) is 4.64. The lowest BCUT2D eigenvalue weighted by Gasteiger charge is -2.05. The molecule has 0 atom stereocenters. The van der Waals surface area contributed by atoms with Crippen molar-refractivity contribution in [3.05, 3.63) is 59.9 Å². The first-order chi connectivity index (χ1) is 10.2. The highest BCUT2D eigenvalue weighted by atomic mass is 32.1. The molecule has 0 radical (unpaired) electrons. The van der Waals surface area contributed by atoms with Gasteiger partial charge in [0, 0.05) is 15.6 Å². The average Bonchev–Trinajstić information content (AvgIpc) is 2.84. The topological polar surface area (TPSA) is 25.8 Å². The van der Waals surface area contributed by atoms with Crippen LogP contribution in [0.4, 0.5) is 0 Å². The third-order valence-corrected chi connectivity index (χ3v) is 4.82. The van der Waals surface area contributed by atoms with Crippen LogP contribution < -0.4 is 0 Å². The summed E-state index contributed by atoms with van der Waals surface area (Å²) in [6, 6.07) is 15.0. The maximum atomic E-state index is 4.55. The van der Waals surface area contributed by atoms with E-state index in [0.29, 0.717) is 0 Å². The quantitative estimate of drug-likeness (QED) is 0.486. The van der Waals surface area contributed by atoms with E-state index in [-0.39, 0.29) is 0 Å². The molecule has 2 aromatic heterocycles. The minimum atomic E-state index is 1.04. The lowest BCUT2D eigenvalue weighted by Crippen LogP contribution is -1.88. The van der Waals surface area contributed by atoms with E-state index in [9.17, 15) is 0 Å². The predicted molar refractivity (Wildman–Crippen MR) is 89.8 cm³/mol. The van der Waals surface area contributed by atoms with Crippen molar-refractivity contribution in [1.29, 1.82) is 0 Å². The van der Waals surface area contributed by atoms with Gasteiger partial charge in [-0.15, -0.1) is 11.3 Å². The highest BCUT2D eigenvalue weighted by Gasteiger charge is 2.12. The largest absolute Gasteiger partial charge is 0.235 e. The number of hydrogen-bond donors (Lipinski definition) is 0. The standard InChI is InChI=1S/C18H14N2S/c1-11-7-12(2)9-13(8-11)16-18-17(20-10-19-16)14-5-3-4-6-15(14)21-18/h3-10H,1-2H3. The van der Waals surface area contributed by atoms with Gasteiger partial charge in [-0.25, -0.2) is 9.97 Å². The first-order valence-electron chi connectivity index (χ1n) is 6.93. The number of aryl methyl sites for hydroxylation is 2. The number of benzene rings is 2. The van der Waals surface area contributed by atoms with Crippen LogP contribution in [-0.2, 0) is 0 Å². The van der Waals surface area contributed by atoms with Gasteiger partial charge in [-0.1, -0.05) is 35.4 Å². The Morgan fingerprint density at radius 3 is 2.48 bits per heavy atom. The van der Waals surface area contributed by atoms with Crippen molar-refractivity contribution in [2.75, 3.05) is 0 Å². The van der Waals surface area contributed by atoms with Crippen molar-refractivity contribution < 1.29 is 0 Å². The van der Waals surface area contributed by atoms with Gasteiger partial charge in [0.2, 0.25) is 0 Å². The zero-order valence-corrected chi connectivity index (χ0v) is 12.7. The Balaban J connectivity index is 2.09. The van der Waals surface area contributed by atoms with Gasteiger partial charge in [0.1, 0.15) is 6.33 Å². The van der Waals surface area contributed by atoms with E-state index in [4.69, 9.17) is 0 Å². The zero-order chi connectivity index (χ0) is 14.4. The molecule has 4 aromatic rings. The fourth-order valence-corrected chi connectivity index (χ4v) is 4.01. The molecule has 2 heterocycles. The van der Waals surface area contributed by atoms with Crippen molar-refractivity contribution in [2.45, 2.75) is 13.8 Å². The molecule has 4 rings (SSSR count). The van der Waals surface area contributed by atoms with Crippen LogP contribution in [0.3, 0.4) is 0 Å². The zero-order valence-electron chi connectivity index (χ0n) is 11.9. The Kier molecular flexibility index (Phi) is 2.76. The lowest BCUT2D eigenvalue weighted by atomic mass is 10.0. The first kappa shape index (κ1) is 12.5. The van der Waals surface area contributed by atoms with Gasteiger partial charge < -0.3 is 0 Å². The summed E-state index contributed by atoms with van der Waals surface area (Å²) in [6.07, 6.45) is 1.68. The Hall–Kier alpha value is -2.26. The fraction of sp³-hybridized carbons (Fsp3) is 0.111. The van der Waals surface area contributed by atoms with Crippen molar-refractivity contribution in [2.24, 2.45) is 0 Å². The molecule has 0 saturated carbocycles. The number of fused-ring (bicyclic) bond motifs is 3. The molecule has 0 spiro atoms. The molecule has 3 heteroatoms. The van der Waals surface area contributed by atoms with Crippen LogP contribution in [0.5, 0.6) is 0 Å². The summed E-state index contributed by atoms with van der Waals surface area (Å²) in [5, 5.41) is 1.21. The van der Waals surface area contributed by atoms with Crippen LogP contribution in [0.15, 0.2) is 48.8 Å². The Labute approximate surface area is 127 Å². The molecule has 0 bridgehead atoms. The van der Waals surface area contributed by atoms with Crippen LogP contribution in [0.2, 0.25) is 0 Å². The summed E-state index contributed by atoms with van der Waals surface area (Å²) in [6.45, 7) is 4.25. The number of rotatable bonds is 1. The molecule has 2 aromatic carbocycles. The van der Waals surface area contributed by atoms with Crippen molar-refractivity contribution >= 4 is 31.6 Å². The van der Waals surface area contributed by atoms with E-state index in [1.54, 1.807) is 17.7 Å². The highest BCUT2D eigenvalue weighted by molar-refractivity contribution is 7.26. The van der Waals surface area contributed by atoms with E-state index in [2.05, 4.69) is 66.3 Å². The van der Waals surface area contributed by atoms with Crippen molar-refractivity contribution in [1.82, 2.24) is 9.97 Å². The van der Waals surface area contributed by atoms with Crippen molar-refractivity contribution in [3.63, 3.8) is 0 Å². The fourth-order valence-electron chi connectivity index (χ4n) is 2.84. The third kappa shape index (κ3) is 2.01. The predicted octanol–water partition coefficient (Wildman–Crippen LogP) is 5.13. The molecule has 0 unspecified atom stereocenters. The first-order valence-corrected chi connectivity index (χ1v) is 7.75. The summed E-state index contributed by atoms with van der Waals surface area (Å²) in [5.41, 5.74) is 5.79. The molecule has 0 N–H and O–H groups in total. The van der Waals surface area contributed by atoms with Crippen LogP contribution in [0.25, 0.3) is 31.6 Å². The van der Waals surface area contributed by atoms with E-state index in [1.807, 2.05) is 0 Å². The number of aromatic nitrogens is 2. The van der Waals surface area contributed by atoms with Gasteiger partial charge in [0.05, 0.1) is 15.9 Å². The SMILES string of the molecule is Cc1cc(C)cc(-c2ncnc3c2sc2ccccc23)c1. The smallest absolute Gasteiger partial charge is 0.116 e. The number of hydrogen-bond acceptors (Lipinski definition) is 3. The van der Waals surface area contributed by atoms with Crippen LogP contribution in [0.1, 0.15) is 11.1 Å². The summed E-state index contributed by atoms with van der Waals surface area (Å²) >= 11 is 1.77. The summed E-state index contributed by atoms with van der Waals surface area (Å²) in [5.74, 6) is 0. The minimum absolute atomic E-state index is 1.04. The summed E-state index contributed by atoms with van der Waals surface area (Å²) in [4.78, 5) is 9.05. The highest BCUT2D eigenvalue weighted by Crippen LogP contribution is 2.37. The molecule has 0 aliphatic carbocycles. The average molecular weight is 290 g/mol. The van der Waals surface area contributed by atoms with Gasteiger partial charge in [0.15, 0.2) is 0 Å². The molecule has 0 fully saturated rings. The van der Waals surface area contributed by atoms with Gasteiger partial charge >= 0.3 is 0 Å². The van der Waals surface area contributed by atoms with Gasteiger partial charge in [0.25, 0.3) is 0 Å². The maximum absolute atomic E-state index is 4.55. The third-order valence-electron chi connectivity index (χ3n) is 3.65. The molecule has 21 heavy (non-hydrogen) atoms. The Morgan fingerprint density at radius 2 is 1.67 bits per heavy atom. The van der Waals surface area contributed by atoms with E-state index >= 15 is 0 Å². The van der Waals surface area contributed by atoms with E-state index < -0.39 is 0 Å². The van der Waals surface area contributed by atoms with Crippen LogP contribution >= 0.6 is 11.3 Å². The minimum Gasteiger partial charge on any atom is -0.235 e. The number of nitrogens with zero attached hydrogens (tertiary/aromatic N) is 2. The molecule has 0 saturated heterocycles. The Morgan fingerprint density at radius 1 is 0.905 bits per heavy atom. The molecular weight excluding hydrogens is 276 g/mol. The maximum Gasteiger partial charge on any atom is 0.116 e. The monoisotopic (exact) mass is 290 g/mol. The second-order valence-electron chi connectivity index (χ2n) is 5.37. The normalized spacial score (nSPS) is 11.3. The summed E-state index contributed by atoms with van der Waals surface area (Å²) in [7, 11) is 0. The van der Waals surface area contributed by atoms with Crippen molar-refractivity contribution in [3.8, 4) is 11.3 Å². The molecular formula is C18H14N2S. The second-order valence-corrected chi connectivity index (χ2v) is 6.43. The molecule has 2 nitrogen and oxygen atoms in total. The summed E-state index contributed by atoms with van der Waals surface area (Å²) < 4.78 is 2.43. The lowest BCUT2D eigenvalue weighted by molar-refractivity contribution is 1.23. The Bertz CT molecular complexity index is 949. The van der Waals surface area contributed by atoms with Gasteiger partial charge in [-0.2, -0.15) is 0 Å². The molecule has 0 aliphatic rings. The van der Waals surface area contributed by atoms with Crippen LogP contribution in [-0.4, -0.2) is 9.97 Å². The van der Waals surface area contributed by atoms with Crippen LogP contribution in [0, 0.1) is 13.8 Å². The number of thiophene rings is 1. The molecule has 102 valence electrons. The van der Waals surface area contributed by atoms with Gasteiger partial charge in [-0.05, 0) is 32.0 Å². The molecule has 0 amide bonds. The molecule has 0 aliphatic heterocycles. The van der Waals surface area contributed by atoms with E-state index in [1.165, 1.54) is 31.5 Å².